The number of halogens is 3. The lowest BCUT2D eigenvalue weighted by Gasteiger charge is -2.28. The molecular weight excluding hydrogens is 281 g/mol. The van der Waals surface area contributed by atoms with E-state index in [2.05, 4.69) is 15.3 Å². The standard InChI is InChI=1S/C14H23F3N4/c1-5-7-21(8-14(15,16)17)13-11(10(3)4)12(18-6-2)19-9-20-13/h9-10H,5-8H2,1-4H3,(H,18,19,20). The zero-order valence-electron chi connectivity index (χ0n) is 13.0. The van der Waals surface area contributed by atoms with Crippen LogP contribution in [0.2, 0.25) is 0 Å². The van der Waals surface area contributed by atoms with E-state index in [9.17, 15) is 13.2 Å². The predicted octanol–water partition coefficient (Wildman–Crippen LogP) is 3.81. The summed E-state index contributed by atoms with van der Waals surface area (Å²) in [5.41, 5.74) is 0.733. The van der Waals surface area contributed by atoms with Crippen molar-refractivity contribution >= 4 is 11.6 Å². The highest BCUT2D eigenvalue weighted by Crippen LogP contribution is 2.32. The molecule has 0 fully saturated rings. The van der Waals surface area contributed by atoms with Crippen molar-refractivity contribution in [3.8, 4) is 0 Å². The molecule has 120 valence electrons. The van der Waals surface area contributed by atoms with E-state index in [-0.39, 0.29) is 5.92 Å². The number of alkyl halides is 3. The van der Waals surface area contributed by atoms with Crippen LogP contribution in [0.25, 0.3) is 0 Å². The van der Waals surface area contributed by atoms with E-state index in [0.29, 0.717) is 31.1 Å². The second-order valence-corrected chi connectivity index (χ2v) is 5.18. The monoisotopic (exact) mass is 304 g/mol. The van der Waals surface area contributed by atoms with Crippen molar-refractivity contribution in [2.24, 2.45) is 0 Å². The van der Waals surface area contributed by atoms with Gasteiger partial charge in [-0.25, -0.2) is 9.97 Å². The average Bonchev–Trinajstić information content (AvgIpc) is 2.36. The van der Waals surface area contributed by atoms with Crippen molar-refractivity contribution in [3.63, 3.8) is 0 Å². The second kappa shape index (κ2) is 7.47. The average molecular weight is 304 g/mol. The van der Waals surface area contributed by atoms with Gasteiger partial charge in [0.2, 0.25) is 0 Å². The van der Waals surface area contributed by atoms with Gasteiger partial charge < -0.3 is 10.2 Å². The van der Waals surface area contributed by atoms with Crippen LogP contribution in [0.5, 0.6) is 0 Å². The van der Waals surface area contributed by atoms with E-state index in [4.69, 9.17) is 0 Å². The van der Waals surface area contributed by atoms with Crippen molar-refractivity contribution in [1.82, 2.24) is 9.97 Å². The lowest BCUT2D eigenvalue weighted by atomic mass is 10.0. The van der Waals surface area contributed by atoms with Crippen LogP contribution in [-0.2, 0) is 0 Å². The summed E-state index contributed by atoms with van der Waals surface area (Å²) in [4.78, 5) is 9.57. The fraction of sp³-hybridized carbons (Fsp3) is 0.714. The Morgan fingerprint density at radius 2 is 1.90 bits per heavy atom. The van der Waals surface area contributed by atoms with Gasteiger partial charge in [-0.1, -0.05) is 20.8 Å². The molecule has 0 aliphatic heterocycles. The van der Waals surface area contributed by atoms with Gasteiger partial charge in [0.05, 0.1) is 0 Å². The normalized spacial score (nSPS) is 11.8. The van der Waals surface area contributed by atoms with Crippen molar-refractivity contribution < 1.29 is 13.2 Å². The summed E-state index contributed by atoms with van der Waals surface area (Å²) in [5.74, 6) is 1.01. The van der Waals surface area contributed by atoms with Crippen LogP contribution in [0.15, 0.2) is 6.33 Å². The van der Waals surface area contributed by atoms with Crippen LogP contribution < -0.4 is 10.2 Å². The predicted molar refractivity (Wildman–Crippen MR) is 78.8 cm³/mol. The van der Waals surface area contributed by atoms with Gasteiger partial charge in [-0.05, 0) is 19.3 Å². The summed E-state index contributed by atoms with van der Waals surface area (Å²) in [6.45, 7) is 7.60. The number of hydrogen-bond acceptors (Lipinski definition) is 4. The van der Waals surface area contributed by atoms with Crippen molar-refractivity contribution in [2.75, 3.05) is 29.9 Å². The molecule has 4 nitrogen and oxygen atoms in total. The van der Waals surface area contributed by atoms with Gasteiger partial charge in [-0.2, -0.15) is 13.2 Å². The number of hydrogen-bond donors (Lipinski definition) is 1. The minimum absolute atomic E-state index is 0.0304. The van der Waals surface area contributed by atoms with E-state index < -0.39 is 12.7 Å². The smallest absolute Gasteiger partial charge is 0.370 e. The van der Waals surface area contributed by atoms with Gasteiger partial charge in [-0.3, -0.25) is 0 Å². The first kappa shape index (κ1) is 17.5. The Bertz CT molecular complexity index is 446. The van der Waals surface area contributed by atoms with Crippen LogP contribution in [0.4, 0.5) is 24.8 Å². The maximum Gasteiger partial charge on any atom is 0.405 e. The first-order valence-electron chi connectivity index (χ1n) is 7.20. The Morgan fingerprint density at radius 1 is 1.24 bits per heavy atom. The van der Waals surface area contributed by atoms with Crippen molar-refractivity contribution in [1.29, 1.82) is 0 Å². The number of rotatable bonds is 7. The molecule has 0 aliphatic rings. The molecule has 0 saturated heterocycles. The molecule has 0 atom stereocenters. The zero-order chi connectivity index (χ0) is 16.0. The van der Waals surface area contributed by atoms with Crippen LogP contribution in [0.3, 0.4) is 0 Å². The Balaban J connectivity index is 3.26. The van der Waals surface area contributed by atoms with Gasteiger partial charge in [0.15, 0.2) is 0 Å². The van der Waals surface area contributed by atoms with Gasteiger partial charge in [-0.15, -0.1) is 0 Å². The molecule has 1 aromatic heterocycles. The fourth-order valence-electron chi connectivity index (χ4n) is 2.22. The third kappa shape index (κ3) is 5.06. The molecule has 1 aromatic rings. The summed E-state index contributed by atoms with van der Waals surface area (Å²) in [6, 6.07) is 0. The summed E-state index contributed by atoms with van der Waals surface area (Å²) in [6.07, 6.45) is -2.32. The molecule has 21 heavy (non-hydrogen) atoms. The molecular formula is C14H23F3N4. The summed E-state index contributed by atoms with van der Waals surface area (Å²) in [7, 11) is 0. The third-order valence-corrected chi connectivity index (χ3v) is 2.95. The van der Waals surface area contributed by atoms with E-state index in [0.717, 1.165) is 5.56 Å². The molecule has 0 radical (unpaired) electrons. The van der Waals surface area contributed by atoms with Crippen LogP contribution >= 0.6 is 0 Å². The summed E-state index contributed by atoms with van der Waals surface area (Å²) < 4.78 is 38.4. The Morgan fingerprint density at radius 3 is 2.38 bits per heavy atom. The van der Waals surface area contributed by atoms with Crippen molar-refractivity contribution in [2.45, 2.75) is 46.2 Å². The molecule has 0 aromatic carbocycles. The summed E-state index contributed by atoms with van der Waals surface area (Å²) in [5, 5.41) is 3.10. The number of nitrogens with one attached hydrogen (secondary N) is 1. The Labute approximate surface area is 123 Å². The fourth-order valence-corrected chi connectivity index (χ4v) is 2.22. The van der Waals surface area contributed by atoms with E-state index in [1.165, 1.54) is 11.2 Å². The molecule has 0 saturated carbocycles. The molecule has 1 heterocycles. The highest BCUT2D eigenvalue weighted by Gasteiger charge is 2.32. The maximum atomic E-state index is 12.8. The SMILES string of the molecule is CCCN(CC(F)(F)F)c1ncnc(NCC)c1C(C)C. The molecule has 1 N–H and O–H groups in total. The van der Waals surface area contributed by atoms with Gasteiger partial charge in [0.25, 0.3) is 0 Å². The first-order chi connectivity index (χ1) is 9.80. The molecule has 0 unspecified atom stereocenters. The molecule has 1 rings (SSSR count). The van der Waals surface area contributed by atoms with E-state index in [1.807, 2.05) is 27.7 Å². The minimum atomic E-state index is -4.26. The topological polar surface area (TPSA) is 41.1 Å². The van der Waals surface area contributed by atoms with Gasteiger partial charge in [0.1, 0.15) is 24.5 Å². The van der Waals surface area contributed by atoms with Gasteiger partial charge >= 0.3 is 6.18 Å². The van der Waals surface area contributed by atoms with Crippen molar-refractivity contribution in [3.05, 3.63) is 11.9 Å². The molecule has 7 heteroatoms. The number of anilines is 2. The zero-order valence-corrected chi connectivity index (χ0v) is 13.0. The van der Waals surface area contributed by atoms with Gasteiger partial charge in [0, 0.05) is 18.7 Å². The van der Waals surface area contributed by atoms with E-state index in [1.54, 1.807) is 0 Å². The molecule has 0 amide bonds. The molecule has 0 bridgehead atoms. The number of nitrogens with zero attached hydrogens (tertiary/aromatic N) is 3. The molecule has 0 spiro atoms. The largest absolute Gasteiger partial charge is 0.405 e. The summed E-state index contributed by atoms with van der Waals surface area (Å²) >= 11 is 0. The third-order valence-electron chi connectivity index (χ3n) is 2.95. The highest BCUT2D eigenvalue weighted by molar-refractivity contribution is 5.60. The maximum absolute atomic E-state index is 12.8. The quantitative estimate of drug-likeness (QED) is 0.831. The second-order valence-electron chi connectivity index (χ2n) is 5.18. The lowest BCUT2D eigenvalue weighted by Crippen LogP contribution is -2.36. The Kier molecular flexibility index (Phi) is 6.23. The number of aromatic nitrogens is 2. The Hall–Kier alpha value is -1.53. The molecule has 0 aliphatic carbocycles. The van der Waals surface area contributed by atoms with Crippen LogP contribution in [0.1, 0.15) is 45.6 Å². The van der Waals surface area contributed by atoms with E-state index >= 15 is 0 Å². The van der Waals surface area contributed by atoms with Crippen LogP contribution in [-0.4, -0.2) is 35.8 Å². The first-order valence-corrected chi connectivity index (χ1v) is 7.20. The lowest BCUT2D eigenvalue weighted by molar-refractivity contribution is -0.119. The van der Waals surface area contributed by atoms with Crippen LogP contribution in [0, 0.1) is 0 Å². The minimum Gasteiger partial charge on any atom is -0.370 e. The highest BCUT2D eigenvalue weighted by atomic mass is 19.4.